The second-order valence-corrected chi connectivity index (χ2v) is 5.25. The van der Waals surface area contributed by atoms with Gasteiger partial charge in [0, 0.05) is 18.4 Å². The van der Waals surface area contributed by atoms with E-state index >= 15 is 0 Å². The van der Waals surface area contributed by atoms with Crippen LogP contribution in [0.1, 0.15) is 40.9 Å². The number of carbonyl (C=O) groups is 1. The van der Waals surface area contributed by atoms with Gasteiger partial charge in [-0.1, -0.05) is 44.2 Å². The monoisotopic (exact) mass is 297 g/mol. The number of aryl methyl sites for hydroxylation is 2. The molecule has 2 aromatic carbocycles. The minimum Gasteiger partial charge on any atom is -0.380 e. The molecule has 116 valence electrons. The van der Waals surface area contributed by atoms with Gasteiger partial charge in [-0.15, -0.1) is 0 Å². The molecule has 0 unspecified atom stereocenters. The van der Waals surface area contributed by atoms with Gasteiger partial charge < -0.3 is 10.1 Å². The third-order valence-corrected chi connectivity index (χ3v) is 3.74. The Hall–Kier alpha value is -2.13. The van der Waals surface area contributed by atoms with Crippen LogP contribution in [0.3, 0.4) is 0 Å². The summed E-state index contributed by atoms with van der Waals surface area (Å²) in [6.07, 6.45) is 1.79. The molecule has 0 saturated heterocycles. The molecule has 1 N–H and O–H groups in total. The molecule has 1 amide bonds. The number of hydrogen-bond acceptors (Lipinski definition) is 2. The summed E-state index contributed by atoms with van der Waals surface area (Å²) in [5.74, 6) is -0.0754. The van der Waals surface area contributed by atoms with Gasteiger partial charge in [-0.05, 0) is 41.7 Å². The molecule has 0 radical (unpaired) electrons. The van der Waals surface area contributed by atoms with Crippen LogP contribution in [0.2, 0.25) is 0 Å². The van der Waals surface area contributed by atoms with E-state index in [2.05, 4.69) is 31.3 Å². The summed E-state index contributed by atoms with van der Waals surface area (Å²) in [5.41, 5.74) is 4.94. The molecule has 3 nitrogen and oxygen atoms in total. The van der Waals surface area contributed by atoms with Gasteiger partial charge in [0.25, 0.3) is 5.91 Å². The number of hydrogen-bond donors (Lipinski definition) is 1. The fourth-order valence-electron chi connectivity index (χ4n) is 2.56. The van der Waals surface area contributed by atoms with Crippen molar-refractivity contribution >= 4 is 11.6 Å². The maximum absolute atomic E-state index is 12.6. The van der Waals surface area contributed by atoms with Gasteiger partial charge in [0.2, 0.25) is 0 Å². The predicted octanol–water partition coefficient (Wildman–Crippen LogP) is 4.21. The summed E-state index contributed by atoms with van der Waals surface area (Å²) < 4.78 is 5.12. The summed E-state index contributed by atoms with van der Waals surface area (Å²) in [7, 11) is 1.65. The molecule has 0 spiro atoms. The van der Waals surface area contributed by atoms with Gasteiger partial charge in [-0.25, -0.2) is 0 Å². The maximum atomic E-state index is 12.6. The lowest BCUT2D eigenvalue weighted by molar-refractivity contribution is 0.102. The lowest BCUT2D eigenvalue weighted by Gasteiger charge is -2.14. The number of amides is 1. The van der Waals surface area contributed by atoms with E-state index in [4.69, 9.17) is 4.74 Å². The SMILES string of the molecule is CCc1cccc(CC)c1NC(=O)c1cccc(COC)c1. The molecule has 2 rings (SSSR count). The average molecular weight is 297 g/mol. The van der Waals surface area contributed by atoms with Crippen LogP contribution in [-0.2, 0) is 24.2 Å². The van der Waals surface area contributed by atoms with Crippen molar-refractivity contribution in [1.82, 2.24) is 0 Å². The highest BCUT2D eigenvalue weighted by Crippen LogP contribution is 2.23. The molecular formula is C19H23NO2. The van der Waals surface area contributed by atoms with Gasteiger partial charge in [-0.2, -0.15) is 0 Å². The summed E-state index contributed by atoms with van der Waals surface area (Å²) >= 11 is 0. The maximum Gasteiger partial charge on any atom is 0.255 e. The van der Waals surface area contributed by atoms with Crippen LogP contribution in [0.5, 0.6) is 0 Å². The van der Waals surface area contributed by atoms with Crippen LogP contribution >= 0.6 is 0 Å². The lowest BCUT2D eigenvalue weighted by atomic mass is 10.0. The smallest absolute Gasteiger partial charge is 0.255 e. The van der Waals surface area contributed by atoms with Gasteiger partial charge in [0.1, 0.15) is 0 Å². The first-order valence-corrected chi connectivity index (χ1v) is 7.69. The highest BCUT2D eigenvalue weighted by Gasteiger charge is 2.12. The Labute approximate surface area is 132 Å². The molecule has 0 aliphatic heterocycles. The number of nitrogens with one attached hydrogen (secondary N) is 1. The Morgan fingerprint density at radius 3 is 2.27 bits per heavy atom. The molecule has 0 bridgehead atoms. The summed E-state index contributed by atoms with van der Waals surface area (Å²) in [6.45, 7) is 4.71. The minimum atomic E-state index is -0.0754. The fraction of sp³-hybridized carbons (Fsp3) is 0.316. The quantitative estimate of drug-likeness (QED) is 0.867. The van der Waals surface area contributed by atoms with Crippen molar-refractivity contribution in [3.63, 3.8) is 0 Å². The number of methoxy groups -OCH3 is 1. The molecule has 0 aromatic heterocycles. The second kappa shape index (κ2) is 7.76. The number of benzene rings is 2. The molecule has 0 atom stereocenters. The molecule has 0 aliphatic carbocycles. The lowest BCUT2D eigenvalue weighted by Crippen LogP contribution is -2.15. The van der Waals surface area contributed by atoms with E-state index in [1.54, 1.807) is 7.11 Å². The standard InChI is InChI=1S/C19H23NO2/c1-4-15-9-7-10-16(5-2)18(15)20-19(21)17-11-6-8-14(12-17)13-22-3/h6-12H,4-5,13H2,1-3H3,(H,20,21). The Morgan fingerprint density at radius 1 is 1.05 bits per heavy atom. The van der Waals surface area contributed by atoms with Crippen molar-refractivity contribution in [2.24, 2.45) is 0 Å². The van der Waals surface area contributed by atoms with E-state index in [-0.39, 0.29) is 5.91 Å². The largest absolute Gasteiger partial charge is 0.380 e. The zero-order valence-corrected chi connectivity index (χ0v) is 13.5. The van der Waals surface area contributed by atoms with Gasteiger partial charge in [-0.3, -0.25) is 4.79 Å². The van der Waals surface area contributed by atoms with Crippen LogP contribution < -0.4 is 5.32 Å². The van der Waals surface area contributed by atoms with Crippen molar-refractivity contribution in [2.75, 3.05) is 12.4 Å². The summed E-state index contributed by atoms with van der Waals surface area (Å²) in [5, 5.41) is 3.09. The molecule has 0 fully saturated rings. The molecule has 0 aliphatic rings. The molecule has 2 aromatic rings. The van der Waals surface area contributed by atoms with Crippen LogP contribution in [0, 0.1) is 0 Å². The fourth-order valence-corrected chi connectivity index (χ4v) is 2.56. The molecule has 3 heteroatoms. The van der Waals surface area contributed by atoms with Gasteiger partial charge in [0.05, 0.1) is 6.61 Å². The summed E-state index contributed by atoms with van der Waals surface area (Å²) in [4.78, 5) is 12.6. The van der Waals surface area contributed by atoms with Crippen LogP contribution in [0.15, 0.2) is 42.5 Å². The number of para-hydroxylation sites is 1. The highest BCUT2D eigenvalue weighted by atomic mass is 16.5. The van der Waals surface area contributed by atoms with E-state index in [9.17, 15) is 4.79 Å². The Bertz CT molecular complexity index is 627. The van der Waals surface area contributed by atoms with Crippen molar-refractivity contribution in [2.45, 2.75) is 33.3 Å². The van der Waals surface area contributed by atoms with E-state index in [0.29, 0.717) is 12.2 Å². The molecule has 0 saturated carbocycles. The number of anilines is 1. The second-order valence-electron chi connectivity index (χ2n) is 5.25. The zero-order valence-electron chi connectivity index (χ0n) is 13.5. The van der Waals surface area contributed by atoms with Crippen molar-refractivity contribution in [3.8, 4) is 0 Å². The Kier molecular flexibility index (Phi) is 5.73. The molecule has 22 heavy (non-hydrogen) atoms. The van der Waals surface area contributed by atoms with Gasteiger partial charge in [0.15, 0.2) is 0 Å². The third-order valence-electron chi connectivity index (χ3n) is 3.74. The van der Waals surface area contributed by atoms with Crippen molar-refractivity contribution in [1.29, 1.82) is 0 Å². The van der Waals surface area contributed by atoms with Crippen molar-refractivity contribution < 1.29 is 9.53 Å². The van der Waals surface area contributed by atoms with Crippen LogP contribution in [-0.4, -0.2) is 13.0 Å². The first-order chi connectivity index (χ1) is 10.7. The first-order valence-electron chi connectivity index (χ1n) is 7.69. The zero-order chi connectivity index (χ0) is 15.9. The van der Waals surface area contributed by atoms with Crippen LogP contribution in [0.25, 0.3) is 0 Å². The first kappa shape index (κ1) is 16.2. The Morgan fingerprint density at radius 2 is 1.68 bits per heavy atom. The Balaban J connectivity index is 2.27. The molecule has 0 heterocycles. The number of rotatable bonds is 6. The van der Waals surface area contributed by atoms with E-state index in [1.165, 1.54) is 11.1 Å². The average Bonchev–Trinajstić information content (AvgIpc) is 2.55. The summed E-state index contributed by atoms with van der Waals surface area (Å²) in [6, 6.07) is 13.7. The van der Waals surface area contributed by atoms with E-state index in [0.717, 1.165) is 24.1 Å². The minimum absolute atomic E-state index is 0.0754. The normalized spacial score (nSPS) is 10.5. The molecular weight excluding hydrogens is 274 g/mol. The highest BCUT2D eigenvalue weighted by molar-refractivity contribution is 6.05. The third kappa shape index (κ3) is 3.74. The number of carbonyl (C=O) groups excluding carboxylic acids is 1. The predicted molar refractivity (Wildman–Crippen MR) is 90.3 cm³/mol. The van der Waals surface area contributed by atoms with E-state index in [1.807, 2.05) is 30.3 Å². The number of ether oxygens (including phenoxy) is 1. The van der Waals surface area contributed by atoms with Crippen molar-refractivity contribution in [3.05, 3.63) is 64.7 Å². The topological polar surface area (TPSA) is 38.3 Å². The van der Waals surface area contributed by atoms with Gasteiger partial charge >= 0.3 is 0 Å². The van der Waals surface area contributed by atoms with Crippen LogP contribution in [0.4, 0.5) is 5.69 Å². The van der Waals surface area contributed by atoms with E-state index < -0.39 is 0 Å².